The molecule has 1 saturated heterocycles. The minimum absolute atomic E-state index is 0.141. The molecule has 1 fully saturated rings. The van der Waals surface area contributed by atoms with Gasteiger partial charge in [0.1, 0.15) is 23.5 Å². The third kappa shape index (κ3) is 5.51. The molecule has 0 aromatic heterocycles. The molecule has 8 heteroatoms. The van der Waals surface area contributed by atoms with E-state index in [-0.39, 0.29) is 11.4 Å². The number of hydrogen-bond acceptors (Lipinski definition) is 6. The lowest BCUT2D eigenvalue weighted by molar-refractivity contribution is 0.214. The Bertz CT molecular complexity index is 1100. The van der Waals surface area contributed by atoms with E-state index in [4.69, 9.17) is 18.9 Å². The molecule has 3 aromatic carbocycles. The van der Waals surface area contributed by atoms with Gasteiger partial charge in [-0.15, -0.1) is 11.8 Å². The first-order chi connectivity index (χ1) is 16.6. The minimum Gasteiger partial charge on any atom is -0.497 e. The predicted molar refractivity (Wildman–Crippen MR) is 134 cm³/mol. The Kier molecular flexibility index (Phi) is 7.69. The number of methoxy groups -OCH3 is 3. The van der Waals surface area contributed by atoms with Gasteiger partial charge in [-0.05, 0) is 23.3 Å². The van der Waals surface area contributed by atoms with Gasteiger partial charge in [0.05, 0.1) is 21.3 Å². The zero-order valence-electron chi connectivity index (χ0n) is 19.4. The zero-order chi connectivity index (χ0) is 23.9. The van der Waals surface area contributed by atoms with E-state index in [0.29, 0.717) is 41.8 Å². The van der Waals surface area contributed by atoms with Crippen molar-refractivity contribution in [3.8, 4) is 23.0 Å². The third-order valence-corrected chi connectivity index (χ3v) is 6.73. The lowest BCUT2D eigenvalue weighted by Gasteiger charge is -2.25. The van der Waals surface area contributed by atoms with E-state index in [2.05, 4.69) is 5.32 Å². The summed E-state index contributed by atoms with van der Waals surface area (Å²) in [4.78, 5) is 15.0. The number of anilines is 1. The molecule has 2 amide bonds. The number of nitrogens with zero attached hydrogens (tertiary/aromatic N) is 1. The van der Waals surface area contributed by atoms with Crippen LogP contribution in [0.25, 0.3) is 0 Å². The molecule has 0 radical (unpaired) electrons. The summed E-state index contributed by atoms with van der Waals surface area (Å²) in [5, 5.41) is 2.83. The molecular formula is C26H28N2O5S. The van der Waals surface area contributed by atoms with Crippen LogP contribution in [0.1, 0.15) is 16.5 Å². The lowest BCUT2D eigenvalue weighted by Crippen LogP contribution is -2.34. The average molecular weight is 481 g/mol. The van der Waals surface area contributed by atoms with E-state index < -0.39 is 0 Å². The van der Waals surface area contributed by atoms with Crippen LogP contribution in [0.4, 0.5) is 10.5 Å². The van der Waals surface area contributed by atoms with E-state index in [1.165, 1.54) is 0 Å². The highest BCUT2D eigenvalue weighted by Crippen LogP contribution is 2.41. The van der Waals surface area contributed by atoms with E-state index in [9.17, 15) is 4.79 Å². The fourth-order valence-electron chi connectivity index (χ4n) is 3.72. The summed E-state index contributed by atoms with van der Waals surface area (Å²) in [7, 11) is 4.78. The van der Waals surface area contributed by atoms with Crippen molar-refractivity contribution >= 4 is 23.5 Å². The zero-order valence-corrected chi connectivity index (χ0v) is 20.3. The van der Waals surface area contributed by atoms with Crippen LogP contribution in [-0.4, -0.2) is 44.6 Å². The highest BCUT2D eigenvalue weighted by atomic mass is 32.2. The second-order valence-electron chi connectivity index (χ2n) is 7.63. The molecule has 0 spiro atoms. The van der Waals surface area contributed by atoms with Crippen LogP contribution < -0.4 is 24.3 Å². The lowest BCUT2D eigenvalue weighted by atomic mass is 10.1. The molecule has 4 rings (SSSR count). The van der Waals surface area contributed by atoms with Gasteiger partial charge in [-0.1, -0.05) is 36.4 Å². The number of urea groups is 1. The van der Waals surface area contributed by atoms with Gasteiger partial charge in [0, 0.05) is 36.2 Å². The van der Waals surface area contributed by atoms with Crippen molar-refractivity contribution < 1.29 is 23.7 Å². The van der Waals surface area contributed by atoms with E-state index in [0.717, 1.165) is 16.9 Å². The number of rotatable bonds is 8. The molecule has 34 heavy (non-hydrogen) atoms. The monoisotopic (exact) mass is 480 g/mol. The largest absolute Gasteiger partial charge is 0.497 e. The number of carbonyl (C=O) groups is 1. The molecule has 1 N–H and O–H groups in total. The Labute approximate surface area is 204 Å². The van der Waals surface area contributed by atoms with Crippen molar-refractivity contribution in [2.24, 2.45) is 0 Å². The van der Waals surface area contributed by atoms with Gasteiger partial charge < -0.3 is 29.2 Å². The number of benzene rings is 3. The SMILES string of the molecule is COc1cc(NC(=O)N2CCSC2c2ccc(OC)c(OCc3ccccc3)c2)cc(OC)c1. The van der Waals surface area contributed by atoms with Crippen molar-refractivity contribution in [1.82, 2.24) is 4.90 Å². The van der Waals surface area contributed by atoms with Gasteiger partial charge in [-0.25, -0.2) is 4.79 Å². The van der Waals surface area contributed by atoms with E-state index >= 15 is 0 Å². The van der Waals surface area contributed by atoms with Crippen molar-refractivity contribution in [3.05, 3.63) is 77.9 Å². The summed E-state index contributed by atoms with van der Waals surface area (Å²) in [5.41, 5.74) is 2.66. The minimum atomic E-state index is -0.187. The maximum Gasteiger partial charge on any atom is 0.323 e. The topological polar surface area (TPSA) is 69.3 Å². The molecule has 178 valence electrons. The smallest absolute Gasteiger partial charge is 0.323 e. The number of thioether (sulfide) groups is 1. The number of carbonyl (C=O) groups excluding carboxylic acids is 1. The molecular weight excluding hydrogens is 452 g/mol. The van der Waals surface area contributed by atoms with Crippen molar-refractivity contribution in [2.75, 3.05) is 38.9 Å². The number of nitrogens with one attached hydrogen (secondary N) is 1. The van der Waals surface area contributed by atoms with Crippen LogP contribution in [0, 0.1) is 0 Å². The van der Waals surface area contributed by atoms with Gasteiger partial charge in [0.25, 0.3) is 0 Å². The van der Waals surface area contributed by atoms with Gasteiger partial charge >= 0.3 is 6.03 Å². The highest BCUT2D eigenvalue weighted by molar-refractivity contribution is 7.99. The molecule has 0 saturated carbocycles. The van der Waals surface area contributed by atoms with Gasteiger partial charge in [-0.2, -0.15) is 0 Å². The number of hydrogen-bond donors (Lipinski definition) is 1. The molecule has 7 nitrogen and oxygen atoms in total. The summed E-state index contributed by atoms with van der Waals surface area (Å²) >= 11 is 1.71. The van der Waals surface area contributed by atoms with Crippen LogP contribution in [-0.2, 0) is 6.61 Å². The summed E-state index contributed by atoms with van der Waals surface area (Å²) < 4.78 is 22.2. The first-order valence-electron chi connectivity index (χ1n) is 10.9. The quantitative estimate of drug-likeness (QED) is 0.455. The number of ether oxygens (including phenoxy) is 4. The maximum atomic E-state index is 13.2. The van der Waals surface area contributed by atoms with Crippen LogP contribution in [0.15, 0.2) is 66.7 Å². The summed E-state index contributed by atoms with van der Waals surface area (Å²) in [6, 6.07) is 20.9. The molecule has 1 unspecified atom stereocenters. The fourth-order valence-corrected chi connectivity index (χ4v) is 4.97. The van der Waals surface area contributed by atoms with Gasteiger partial charge in [0.15, 0.2) is 11.5 Å². The third-order valence-electron chi connectivity index (χ3n) is 5.46. The summed E-state index contributed by atoms with van der Waals surface area (Å²) in [6.45, 7) is 1.06. The molecule has 1 aliphatic heterocycles. The molecule has 0 bridgehead atoms. The molecule has 1 aliphatic rings. The molecule has 1 heterocycles. The molecule has 0 aliphatic carbocycles. The standard InChI is InChI=1S/C26H28N2O5S/c1-30-21-14-20(15-22(16-21)31-2)27-26(29)28-11-12-34-25(28)19-9-10-23(32-3)24(13-19)33-17-18-7-5-4-6-8-18/h4-10,13-16,25H,11-12,17H2,1-3H3,(H,27,29). The normalized spacial score (nSPS) is 15.0. The first kappa shape index (κ1) is 23.6. The van der Waals surface area contributed by atoms with Crippen LogP contribution in [0.2, 0.25) is 0 Å². The van der Waals surface area contributed by atoms with Crippen molar-refractivity contribution in [1.29, 1.82) is 0 Å². The van der Waals surface area contributed by atoms with Crippen LogP contribution in [0.3, 0.4) is 0 Å². The summed E-state index contributed by atoms with van der Waals surface area (Å²) in [6.07, 6.45) is 0. The second kappa shape index (κ2) is 11.1. The van der Waals surface area contributed by atoms with Gasteiger partial charge in [0.2, 0.25) is 0 Å². The second-order valence-corrected chi connectivity index (χ2v) is 8.82. The van der Waals surface area contributed by atoms with E-state index in [1.807, 2.05) is 53.4 Å². The Hall–Kier alpha value is -3.52. The Morgan fingerprint density at radius 1 is 0.941 bits per heavy atom. The Morgan fingerprint density at radius 2 is 1.68 bits per heavy atom. The maximum absolute atomic E-state index is 13.2. The van der Waals surface area contributed by atoms with E-state index in [1.54, 1.807) is 51.3 Å². The molecule has 1 atom stereocenters. The highest BCUT2D eigenvalue weighted by Gasteiger charge is 2.31. The fraction of sp³-hybridized carbons (Fsp3) is 0.269. The van der Waals surface area contributed by atoms with Gasteiger partial charge in [-0.3, -0.25) is 0 Å². The van der Waals surface area contributed by atoms with Crippen LogP contribution in [0.5, 0.6) is 23.0 Å². The average Bonchev–Trinajstić information content (AvgIpc) is 3.38. The molecule has 3 aromatic rings. The van der Waals surface area contributed by atoms with Crippen molar-refractivity contribution in [2.45, 2.75) is 12.0 Å². The van der Waals surface area contributed by atoms with Crippen molar-refractivity contribution in [3.63, 3.8) is 0 Å². The Balaban J connectivity index is 1.51. The Morgan fingerprint density at radius 3 is 2.35 bits per heavy atom. The predicted octanol–water partition coefficient (Wildman–Crippen LogP) is 5.57. The van der Waals surface area contributed by atoms with Crippen LogP contribution >= 0.6 is 11.8 Å². The summed E-state index contributed by atoms with van der Waals surface area (Å²) in [5.74, 6) is 3.36. The number of amides is 2. The first-order valence-corrected chi connectivity index (χ1v) is 11.9.